The number of nitrogens with zero attached hydrogens (tertiary/aromatic N) is 2. The quantitative estimate of drug-likeness (QED) is 0.755. The predicted octanol–water partition coefficient (Wildman–Crippen LogP) is 0.737. The van der Waals surface area contributed by atoms with E-state index in [-0.39, 0.29) is 5.91 Å². The lowest BCUT2D eigenvalue weighted by Crippen LogP contribution is -2.54. The molecule has 122 valence electrons. The lowest BCUT2D eigenvalue weighted by molar-refractivity contribution is -0.134. The van der Waals surface area contributed by atoms with Gasteiger partial charge in [-0.1, -0.05) is 30.3 Å². The Balaban J connectivity index is 1.74. The van der Waals surface area contributed by atoms with Crippen molar-refractivity contribution in [3.8, 4) is 0 Å². The second kappa shape index (κ2) is 8.88. The summed E-state index contributed by atoms with van der Waals surface area (Å²) in [5, 5.41) is 0. The van der Waals surface area contributed by atoms with E-state index in [0.29, 0.717) is 6.42 Å². The highest BCUT2D eigenvalue weighted by molar-refractivity contribution is 5.82. The van der Waals surface area contributed by atoms with Crippen molar-refractivity contribution in [3.05, 3.63) is 35.9 Å². The van der Waals surface area contributed by atoms with Gasteiger partial charge in [-0.3, -0.25) is 9.69 Å². The van der Waals surface area contributed by atoms with Gasteiger partial charge in [-0.05, 0) is 18.9 Å². The minimum atomic E-state index is -0.447. The average Bonchev–Trinajstić information content (AvgIpc) is 2.56. The Hall–Kier alpha value is -1.43. The van der Waals surface area contributed by atoms with Gasteiger partial charge in [0.25, 0.3) is 0 Å². The zero-order chi connectivity index (χ0) is 15.8. The van der Waals surface area contributed by atoms with Gasteiger partial charge in [0.05, 0.1) is 12.6 Å². The molecule has 2 rings (SSSR count). The van der Waals surface area contributed by atoms with E-state index in [1.54, 1.807) is 0 Å². The van der Waals surface area contributed by atoms with Crippen LogP contribution in [-0.4, -0.2) is 67.7 Å². The van der Waals surface area contributed by atoms with Crippen LogP contribution in [0.4, 0.5) is 0 Å². The summed E-state index contributed by atoms with van der Waals surface area (Å²) in [5.41, 5.74) is 7.20. The van der Waals surface area contributed by atoms with Crippen molar-refractivity contribution in [1.82, 2.24) is 9.80 Å². The third-order valence-corrected chi connectivity index (χ3v) is 4.06. The molecule has 1 saturated heterocycles. The van der Waals surface area contributed by atoms with Gasteiger partial charge < -0.3 is 15.4 Å². The van der Waals surface area contributed by atoms with E-state index >= 15 is 0 Å². The van der Waals surface area contributed by atoms with Crippen LogP contribution in [0.2, 0.25) is 0 Å². The number of piperazine rings is 1. The number of nitrogens with two attached hydrogens (primary N) is 1. The molecule has 1 aromatic carbocycles. The summed E-state index contributed by atoms with van der Waals surface area (Å²) in [6.45, 7) is 7.77. The molecule has 1 aliphatic heterocycles. The maximum Gasteiger partial charge on any atom is 0.239 e. The van der Waals surface area contributed by atoms with E-state index in [2.05, 4.69) is 4.90 Å². The number of benzene rings is 1. The first kappa shape index (κ1) is 16.9. The first-order valence-electron chi connectivity index (χ1n) is 8.09. The number of hydrogen-bond acceptors (Lipinski definition) is 4. The van der Waals surface area contributed by atoms with E-state index in [1.807, 2.05) is 42.2 Å². The minimum Gasteiger partial charge on any atom is -0.380 e. The van der Waals surface area contributed by atoms with Gasteiger partial charge >= 0.3 is 0 Å². The molecule has 1 aliphatic rings. The second-order valence-corrected chi connectivity index (χ2v) is 5.66. The molecule has 5 heteroatoms. The van der Waals surface area contributed by atoms with Crippen LogP contribution in [0.3, 0.4) is 0 Å². The first-order valence-corrected chi connectivity index (χ1v) is 8.09. The van der Waals surface area contributed by atoms with Crippen LogP contribution in [0, 0.1) is 0 Å². The van der Waals surface area contributed by atoms with Gasteiger partial charge in [0.1, 0.15) is 0 Å². The molecule has 5 nitrogen and oxygen atoms in total. The molecule has 22 heavy (non-hydrogen) atoms. The van der Waals surface area contributed by atoms with Crippen molar-refractivity contribution >= 4 is 5.91 Å². The van der Waals surface area contributed by atoms with Gasteiger partial charge in [0.15, 0.2) is 0 Å². The highest BCUT2D eigenvalue weighted by Gasteiger charge is 2.25. The van der Waals surface area contributed by atoms with Crippen molar-refractivity contribution < 1.29 is 9.53 Å². The smallest absolute Gasteiger partial charge is 0.239 e. The van der Waals surface area contributed by atoms with Gasteiger partial charge in [-0.15, -0.1) is 0 Å². The molecule has 1 aromatic rings. The molecule has 0 radical (unpaired) electrons. The molecule has 1 unspecified atom stereocenters. The SMILES string of the molecule is CCOCCN1CCN(C(=O)C(N)Cc2ccccc2)CC1. The molecular formula is C17H27N3O2. The van der Waals surface area contributed by atoms with Crippen LogP contribution in [0.15, 0.2) is 30.3 Å². The van der Waals surface area contributed by atoms with Gasteiger partial charge in [-0.2, -0.15) is 0 Å². The number of hydrogen-bond donors (Lipinski definition) is 1. The van der Waals surface area contributed by atoms with E-state index < -0.39 is 6.04 Å². The number of carbonyl (C=O) groups is 1. The van der Waals surface area contributed by atoms with Gasteiger partial charge in [0.2, 0.25) is 5.91 Å². The summed E-state index contributed by atoms with van der Waals surface area (Å²) in [6, 6.07) is 9.50. The fourth-order valence-corrected chi connectivity index (χ4v) is 2.72. The molecule has 1 atom stereocenters. The standard InChI is InChI=1S/C17H27N3O2/c1-2-22-13-12-19-8-10-20(11-9-19)17(21)16(18)14-15-6-4-3-5-7-15/h3-7,16H,2,8-14,18H2,1H3. The van der Waals surface area contributed by atoms with Crippen molar-refractivity contribution in [1.29, 1.82) is 0 Å². The van der Waals surface area contributed by atoms with Crippen LogP contribution in [0.5, 0.6) is 0 Å². The third kappa shape index (κ3) is 5.09. The minimum absolute atomic E-state index is 0.0633. The Kier molecular flexibility index (Phi) is 6.83. The summed E-state index contributed by atoms with van der Waals surface area (Å²) >= 11 is 0. The van der Waals surface area contributed by atoms with Crippen molar-refractivity contribution in [2.45, 2.75) is 19.4 Å². The maximum atomic E-state index is 12.4. The molecule has 0 aliphatic carbocycles. The average molecular weight is 305 g/mol. The molecule has 0 bridgehead atoms. The highest BCUT2D eigenvalue weighted by Crippen LogP contribution is 2.07. The molecule has 1 amide bonds. The summed E-state index contributed by atoms with van der Waals surface area (Å²) in [4.78, 5) is 16.7. The maximum absolute atomic E-state index is 12.4. The fraction of sp³-hybridized carbons (Fsp3) is 0.588. The number of rotatable bonds is 7. The van der Waals surface area contributed by atoms with Crippen LogP contribution in [0.1, 0.15) is 12.5 Å². The van der Waals surface area contributed by atoms with Crippen LogP contribution in [0.25, 0.3) is 0 Å². The summed E-state index contributed by atoms with van der Waals surface area (Å²) < 4.78 is 5.37. The van der Waals surface area contributed by atoms with Gasteiger partial charge in [0, 0.05) is 39.3 Å². The molecular weight excluding hydrogens is 278 g/mol. The number of amides is 1. The fourth-order valence-electron chi connectivity index (χ4n) is 2.72. The molecule has 0 saturated carbocycles. The Bertz CT molecular complexity index is 444. The van der Waals surface area contributed by atoms with Crippen molar-refractivity contribution in [2.24, 2.45) is 5.73 Å². The summed E-state index contributed by atoms with van der Waals surface area (Å²) in [6.07, 6.45) is 0.601. The van der Waals surface area contributed by atoms with E-state index in [1.165, 1.54) is 0 Å². The highest BCUT2D eigenvalue weighted by atomic mass is 16.5. The Labute approximate surface area is 133 Å². The molecule has 0 spiro atoms. The zero-order valence-electron chi connectivity index (χ0n) is 13.4. The number of carbonyl (C=O) groups excluding carboxylic acids is 1. The van der Waals surface area contributed by atoms with E-state index in [9.17, 15) is 4.79 Å². The lowest BCUT2D eigenvalue weighted by atomic mass is 10.1. The summed E-state index contributed by atoms with van der Waals surface area (Å²) in [5.74, 6) is 0.0633. The molecule has 0 aromatic heterocycles. The lowest BCUT2D eigenvalue weighted by Gasteiger charge is -2.35. The Morgan fingerprint density at radius 3 is 2.55 bits per heavy atom. The monoisotopic (exact) mass is 305 g/mol. The van der Waals surface area contributed by atoms with E-state index in [0.717, 1.165) is 51.5 Å². The second-order valence-electron chi connectivity index (χ2n) is 5.66. The van der Waals surface area contributed by atoms with Crippen LogP contribution < -0.4 is 5.73 Å². The third-order valence-electron chi connectivity index (χ3n) is 4.06. The summed E-state index contributed by atoms with van der Waals surface area (Å²) in [7, 11) is 0. The van der Waals surface area contributed by atoms with Crippen LogP contribution >= 0.6 is 0 Å². The Morgan fingerprint density at radius 2 is 1.91 bits per heavy atom. The normalized spacial score (nSPS) is 17.5. The van der Waals surface area contributed by atoms with E-state index in [4.69, 9.17) is 10.5 Å². The topological polar surface area (TPSA) is 58.8 Å². The Morgan fingerprint density at radius 1 is 1.23 bits per heavy atom. The van der Waals surface area contributed by atoms with Crippen molar-refractivity contribution in [2.75, 3.05) is 45.9 Å². The molecule has 1 fully saturated rings. The molecule has 2 N–H and O–H groups in total. The first-order chi connectivity index (χ1) is 10.7. The predicted molar refractivity (Wildman–Crippen MR) is 87.6 cm³/mol. The number of ether oxygens (including phenoxy) is 1. The van der Waals surface area contributed by atoms with Gasteiger partial charge in [-0.25, -0.2) is 0 Å². The van der Waals surface area contributed by atoms with Crippen LogP contribution in [-0.2, 0) is 16.0 Å². The molecule has 1 heterocycles. The largest absolute Gasteiger partial charge is 0.380 e. The van der Waals surface area contributed by atoms with Crippen molar-refractivity contribution in [3.63, 3.8) is 0 Å². The zero-order valence-corrected chi connectivity index (χ0v) is 13.4.